The average molecular weight is 322 g/mol. The first-order valence-electron chi connectivity index (χ1n) is 7.35. The van der Waals surface area contributed by atoms with E-state index in [0.717, 1.165) is 0 Å². The summed E-state index contributed by atoms with van der Waals surface area (Å²) in [6.07, 6.45) is -0.343. The fourth-order valence-corrected chi connectivity index (χ4v) is 2.33. The molecule has 2 atom stereocenters. The molecule has 0 spiro atoms. The molecule has 1 aromatic rings. The van der Waals surface area contributed by atoms with Gasteiger partial charge in [-0.25, -0.2) is 4.39 Å². The third kappa shape index (κ3) is 4.28. The lowest BCUT2D eigenvalue weighted by molar-refractivity contribution is -0.140. The van der Waals surface area contributed by atoms with Gasteiger partial charge in [0.1, 0.15) is 5.82 Å². The van der Waals surface area contributed by atoms with Crippen LogP contribution in [0, 0.1) is 5.82 Å². The van der Waals surface area contributed by atoms with Crippen LogP contribution < -0.4 is 5.32 Å². The van der Waals surface area contributed by atoms with Gasteiger partial charge in [0.2, 0.25) is 6.10 Å². The van der Waals surface area contributed by atoms with E-state index < -0.39 is 29.3 Å². The molecule has 0 aromatic heterocycles. The lowest BCUT2D eigenvalue weighted by atomic mass is 9.93. The molecule has 0 bridgehead atoms. The first-order chi connectivity index (χ1) is 10.8. The molecular weight excluding hydrogens is 303 g/mol. The first-order valence-corrected chi connectivity index (χ1v) is 7.35. The van der Waals surface area contributed by atoms with E-state index in [1.807, 2.05) is 0 Å². The van der Waals surface area contributed by atoms with Gasteiger partial charge in [0.25, 0.3) is 5.91 Å². The Morgan fingerprint density at radius 2 is 2.26 bits per heavy atom. The Kier molecular flexibility index (Phi) is 4.98. The highest BCUT2D eigenvalue weighted by molar-refractivity contribution is 6.04. The van der Waals surface area contributed by atoms with Crippen molar-refractivity contribution in [2.45, 2.75) is 44.8 Å². The van der Waals surface area contributed by atoms with Gasteiger partial charge in [-0.3, -0.25) is 9.59 Å². The van der Waals surface area contributed by atoms with Crippen molar-refractivity contribution in [3.63, 3.8) is 0 Å². The SMILES string of the molecule is CC[C@@](C)(CC(=O)O)NC(=O)[C@@H]1CC(c2cccc(F)c2)=NO1. The predicted molar refractivity (Wildman–Crippen MR) is 81.5 cm³/mol. The number of nitrogens with one attached hydrogen (secondary N) is 1. The number of carboxylic acids is 1. The Hall–Kier alpha value is -2.44. The van der Waals surface area contributed by atoms with Crippen molar-refractivity contribution in [3.05, 3.63) is 35.6 Å². The van der Waals surface area contributed by atoms with Crippen LogP contribution in [0.2, 0.25) is 0 Å². The molecule has 1 aliphatic rings. The maximum Gasteiger partial charge on any atom is 0.305 e. The fourth-order valence-electron chi connectivity index (χ4n) is 2.33. The molecule has 2 rings (SSSR count). The number of carboxylic acid groups (broad SMARTS) is 1. The molecular formula is C16H19FN2O4. The largest absolute Gasteiger partial charge is 0.481 e. The summed E-state index contributed by atoms with van der Waals surface area (Å²) in [4.78, 5) is 28.3. The van der Waals surface area contributed by atoms with Crippen molar-refractivity contribution in [2.75, 3.05) is 0 Å². The van der Waals surface area contributed by atoms with Gasteiger partial charge in [0.15, 0.2) is 0 Å². The maximum atomic E-state index is 13.2. The highest BCUT2D eigenvalue weighted by atomic mass is 19.1. The summed E-state index contributed by atoms with van der Waals surface area (Å²) < 4.78 is 13.2. The van der Waals surface area contributed by atoms with Crippen LogP contribution >= 0.6 is 0 Å². The third-order valence-corrected chi connectivity index (χ3v) is 3.87. The van der Waals surface area contributed by atoms with Gasteiger partial charge >= 0.3 is 5.97 Å². The zero-order valence-electron chi connectivity index (χ0n) is 13.0. The molecule has 0 radical (unpaired) electrons. The molecule has 1 amide bonds. The van der Waals surface area contributed by atoms with Gasteiger partial charge in [0, 0.05) is 17.5 Å². The molecule has 0 saturated heterocycles. The summed E-state index contributed by atoms with van der Waals surface area (Å²) in [6, 6.07) is 5.89. The maximum absolute atomic E-state index is 13.2. The van der Waals surface area contributed by atoms with Crippen LogP contribution in [-0.2, 0) is 14.4 Å². The minimum atomic E-state index is -0.987. The second-order valence-corrected chi connectivity index (χ2v) is 5.82. The second kappa shape index (κ2) is 6.76. The summed E-state index contributed by atoms with van der Waals surface area (Å²) in [5.74, 6) is -1.80. The Labute approximate surface area is 133 Å². The van der Waals surface area contributed by atoms with E-state index in [1.165, 1.54) is 12.1 Å². The molecule has 1 heterocycles. The minimum Gasteiger partial charge on any atom is -0.481 e. The monoisotopic (exact) mass is 322 g/mol. The van der Waals surface area contributed by atoms with E-state index in [-0.39, 0.29) is 12.8 Å². The van der Waals surface area contributed by atoms with Gasteiger partial charge in [-0.15, -0.1) is 0 Å². The standard InChI is InChI=1S/C16H19FN2O4/c1-3-16(2,9-14(20)21)18-15(22)13-8-12(19-23-13)10-5-4-6-11(17)7-10/h4-7,13H,3,8-9H2,1-2H3,(H,18,22)(H,20,21)/t13-,16-/m0/s1. The van der Waals surface area contributed by atoms with Gasteiger partial charge in [-0.1, -0.05) is 24.2 Å². The van der Waals surface area contributed by atoms with Crippen LogP contribution in [-0.4, -0.2) is 34.3 Å². The van der Waals surface area contributed by atoms with Crippen LogP contribution in [0.5, 0.6) is 0 Å². The zero-order chi connectivity index (χ0) is 17.0. The Morgan fingerprint density at radius 1 is 1.52 bits per heavy atom. The van der Waals surface area contributed by atoms with Gasteiger partial charge < -0.3 is 15.3 Å². The summed E-state index contributed by atoms with van der Waals surface area (Å²) in [5.41, 5.74) is 0.193. The molecule has 0 aliphatic carbocycles. The highest BCUT2D eigenvalue weighted by Gasteiger charge is 2.34. The van der Waals surface area contributed by atoms with E-state index in [9.17, 15) is 14.0 Å². The number of halogens is 1. The number of oxime groups is 1. The first kappa shape index (κ1) is 16.9. The smallest absolute Gasteiger partial charge is 0.305 e. The summed E-state index contributed by atoms with van der Waals surface area (Å²) >= 11 is 0. The van der Waals surface area contributed by atoms with Crippen LogP contribution in [0.25, 0.3) is 0 Å². The number of hydrogen-bond donors (Lipinski definition) is 2. The Bertz CT molecular complexity index is 647. The molecule has 1 aromatic carbocycles. The molecule has 6 nitrogen and oxygen atoms in total. The molecule has 124 valence electrons. The zero-order valence-corrected chi connectivity index (χ0v) is 13.0. The van der Waals surface area contributed by atoms with Gasteiger partial charge in [0.05, 0.1) is 12.1 Å². The van der Waals surface area contributed by atoms with Gasteiger partial charge in [-0.2, -0.15) is 0 Å². The van der Waals surface area contributed by atoms with Crippen LogP contribution in [0.4, 0.5) is 4.39 Å². The van der Waals surface area contributed by atoms with E-state index in [1.54, 1.807) is 26.0 Å². The van der Waals surface area contributed by atoms with E-state index >= 15 is 0 Å². The molecule has 0 unspecified atom stereocenters. The number of carbonyl (C=O) groups is 2. The summed E-state index contributed by atoms with van der Waals surface area (Å²) in [5, 5.41) is 15.5. The van der Waals surface area contributed by atoms with E-state index in [0.29, 0.717) is 17.7 Å². The average Bonchev–Trinajstić information content (AvgIpc) is 2.96. The lowest BCUT2D eigenvalue weighted by Crippen LogP contribution is -2.50. The third-order valence-electron chi connectivity index (χ3n) is 3.87. The second-order valence-electron chi connectivity index (χ2n) is 5.82. The number of hydrogen-bond acceptors (Lipinski definition) is 4. The molecule has 0 saturated carbocycles. The molecule has 7 heteroatoms. The number of carbonyl (C=O) groups excluding carboxylic acids is 1. The van der Waals surface area contributed by atoms with Crippen molar-refractivity contribution in [2.24, 2.45) is 5.16 Å². The number of amides is 1. The highest BCUT2D eigenvalue weighted by Crippen LogP contribution is 2.20. The van der Waals surface area contributed by atoms with E-state index in [2.05, 4.69) is 10.5 Å². The summed E-state index contributed by atoms with van der Waals surface area (Å²) in [7, 11) is 0. The van der Waals surface area contributed by atoms with Crippen LogP contribution in [0.1, 0.15) is 38.7 Å². The van der Waals surface area contributed by atoms with Gasteiger partial charge in [-0.05, 0) is 25.5 Å². The molecule has 0 fully saturated rings. The van der Waals surface area contributed by atoms with Crippen LogP contribution in [0.15, 0.2) is 29.4 Å². The normalized spacial score (nSPS) is 19.4. The van der Waals surface area contributed by atoms with Crippen molar-refractivity contribution in [1.82, 2.24) is 5.32 Å². The topological polar surface area (TPSA) is 88.0 Å². The van der Waals surface area contributed by atoms with Crippen molar-refractivity contribution < 1.29 is 23.9 Å². The minimum absolute atomic E-state index is 0.181. The number of rotatable bonds is 6. The molecule has 2 N–H and O–H groups in total. The van der Waals surface area contributed by atoms with Crippen LogP contribution in [0.3, 0.4) is 0 Å². The fraction of sp³-hybridized carbons (Fsp3) is 0.438. The van der Waals surface area contributed by atoms with Crippen molar-refractivity contribution in [1.29, 1.82) is 0 Å². The number of nitrogens with zero attached hydrogens (tertiary/aromatic N) is 1. The molecule has 1 aliphatic heterocycles. The molecule has 23 heavy (non-hydrogen) atoms. The summed E-state index contributed by atoms with van der Waals surface area (Å²) in [6.45, 7) is 3.47. The quantitative estimate of drug-likeness (QED) is 0.839. The van der Waals surface area contributed by atoms with Crippen molar-refractivity contribution in [3.8, 4) is 0 Å². The number of benzene rings is 1. The Morgan fingerprint density at radius 3 is 2.87 bits per heavy atom. The van der Waals surface area contributed by atoms with E-state index in [4.69, 9.17) is 9.94 Å². The predicted octanol–water partition coefficient (Wildman–Crippen LogP) is 2.08. The lowest BCUT2D eigenvalue weighted by Gasteiger charge is -2.28. The number of aliphatic carboxylic acids is 1. The Balaban J connectivity index is 2.00. The van der Waals surface area contributed by atoms with Crippen molar-refractivity contribution >= 4 is 17.6 Å².